The second-order valence-electron chi connectivity index (χ2n) is 5.38. The molecule has 0 aliphatic carbocycles. The molecule has 0 amide bonds. The molecule has 2 heteroatoms. The first-order valence-corrected chi connectivity index (χ1v) is 7.00. The van der Waals surface area contributed by atoms with E-state index in [4.69, 9.17) is 4.74 Å². The first-order chi connectivity index (χ1) is 8.59. The predicted molar refractivity (Wildman–Crippen MR) is 78.4 cm³/mol. The van der Waals surface area contributed by atoms with Gasteiger partial charge in [0.05, 0.1) is 0 Å². The van der Waals surface area contributed by atoms with Crippen LogP contribution in [0.1, 0.15) is 37.8 Å². The number of ether oxygens (including phenoxy) is 1. The van der Waals surface area contributed by atoms with Crippen LogP contribution in [0.15, 0.2) is 18.2 Å². The second-order valence-corrected chi connectivity index (χ2v) is 5.38. The third kappa shape index (κ3) is 6.06. The van der Waals surface area contributed by atoms with Crippen molar-refractivity contribution in [2.24, 2.45) is 5.92 Å². The lowest BCUT2D eigenvalue weighted by Crippen LogP contribution is -2.22. The lowest BCUT2D eigenvalue weighted by molar-refractivity contribution is 0.313. The van der Waals surface area contributed by atoms with E-state index < -0.39 is 0 Å². The number of nitrogens with one attached hydrogen (secondary N) is 1. The molecule has 1 aromatic carbocycles. The molecule has 0 aromatic heterocycles. The summed E-state index contributed by atoms with van der Waals surface area (Å²) in [6.07, 6.45) is 2.55. The molecule has 0 spiro atoms. The number of rotatable bonds is 8. The molecule has 0 heterocycles. The van der Waals surface area contributed by atoms with Gasteiger partial charge in [0.25, 0.3) is 0 Å². The van der Waals surface area contributed by atoms with Crippen molar-refractivity contribution in [2.75, 3.05) is 19.7 Å². The molecule has 0 fully saturated rings. The van der Waals surface area contributed by atoms with E-state index >= 15 is 0 Å². The SMILES string of the molecule is Cc1ccc(OCCNCCCC(C)C)cc1C. The summed E-state index contributed by atoms with van der Waals surface area (Å²) < 4.78 is 5.71. The first-order valence-electron chi connectivity index (χ1n) is 7.00. The van der Waals surface area contributed by atoms with Crippen molar-refractivity contribution in [2.45, 2.75) is 40.5 Å². The minimum Gasteiger partial charge on any atom is -0.492 e. The fourth-order valence-electron chi connectivity index (χ4n) is 1.81. The van der Waals surface area contributed by atoms with Crippen molar-refractivity contribution in [1.29, 1.82) is 0 Å². The van der Waals surface area contributed by atoms with E-state index in [1.54, 1.807) is 0 Å². The lowest BCUT2D eigenvalue weighted by Gasteiger charge is -2.09. The monoisotopic (exact) mass is 249 g/mol. The standard InChI is InChI=1S/C16H27NO/c1-13(2)6-5-9-17-10-11-18-16-8-7-14(3)15(4)12-16/h7-8,12-13,17H,5-6,9-11H2,1-4H3. The smallest absolute Gasteiger partial charge is 0.119 e. The van der Waals surface area contributed by atoms with Crippen LogP contribution in [0, 0.1) is 19.8 Å². The molecule has 18 heavy (non-hydrogen) atoms. The van der Waals surface area contributed by atoms with Gasteiger partial charge >= 0.3 is 0 Å². The molecule has 2 nitrogen and oxygen atoms in total. The van der Waals surface area contributed by atoms with Crippen LogP contribution >= 0.6 is 0 Å². The molecule has 102 valence electrons. The van der Waals surface area contributed by atoms with E-state index in [0.29, 0.717) is 0 Å². The van der Waals surface area contributed by atoms with Crippen LogP contribution in [0.25, 0.3) is 0 Å². The third-order valence-corrected chi connectivity index (χ3v) is 3.16. The van der Waals surface area contributed by atoms with Gasteiger partial charge in [0.2, 0.25) is 0 Å². The van der Waals surface area contributed by atoms with Gasteiger partial charge in [-0.15, -0.1) is 0 Å². The van der Waals surface area contributed by atoms with Gasteiger partial charge in [-0.2, -0.15) is 0 Å². The molecule has 0 bridgehead atoms. The molecule has 0 aliphatic rings. The average Bonchev–Trinajstić information content (AvgIpc) is 2.32. The van der Waals surface area contributed by atoms with Crippen LogP contribution in [0.2, 0.25) is 0 Å². The fourth-order valence-corrected chi connectivity index (χ4v) is 1.81. The molecular weight excluding hydrogens is 222 g/mol. The second kappa shape index (κ2) is 8.15. The lowest BCUT2D eigenvalue weighted by atomic mass is 10.1. The van der Waals surface area contributed by atoms with Crippen LogP contribution in [0.5, 0.6) is 5.75 Å². The van der Waals surface area contributed by atoms with Crippen molar-refractivity contribution in [1.82, 2.24) is 5.32 Å². The van der Waals surface area contributed by atoms with Gasteiger partial charge in [-0.05, 0) is 62.4 Å². The largest absolute Gasteiger partial charge is 0.492 e. The van der Waals surface area contributed by atoms with E-state index in [9.17, 15) is 0 Å². The normalized spacial score (nSPS) is 10.9. The van der Waals surface area contributed by atoms with Gasteiger partial charge in [-0.25, -0.2) is 0 Å². The maximum atomic E-state index is 5.71. The highest BCUT2D eigenvalue weighted by Crippen LogP contribution is 2.15. The maximum absolute atomic E-state index is 5.71. The summed E-state index contributed by atoms with van der Waals surface area (Å²) in [7, 11) is 0. The zero-order valence-electron chi connectivity index (χ0n) is 12.3. The molecule has 0 atom stereocenters. The van der Waals surface area contributed by atoms with Crippen LogP contribution in [-0.4, -0.2) is 19.7 Å². The van der Waals surface area contributed by atoms with Crippen LogP contribution in [0.3, 0.4) is 0 Å². The number of hydrogen-bond acceptors (Lipinski definition) is 2. The highest BCUT2D eigenvalue weighted by Gasteiger charge is 1.97. The van der Waals surface area contributed by atoms with Crippen molar-refractivity contribution in [3.05, 3.63) is 29.3 Å². The first kappa shape index (κ1) is 15.0. The van der Waals surface area contributed by atoms with Crippen molar-refractivity contribution >= 4 is 0 Å². The predicted octanol–water partition coefficient (Wildman–Crippen LogP) is 3.71. The van der Waals surface area contributed by atoms with Crippen molar-refractivity contribution in [3.8, 4) is 5.75 Å². The Hall–Kier alpha value is -1.02. The summed E-state index contributed by atoms with van der Waals surface area (Å²) in [6, 6.07) is 6.26. The van der Waals surface area contributed by atoms with E-state index in [1.165, 1.54) is 24.0 Å². The van der Waals surface area contributed by atoms with Crippen molar-refractivity contribution < 1.29 is 4.74 Å². The van der Waals surface area contributed by atoms with Gasteiger partial charge < -0.3 is 10.1 Å². The molecule has 0 saturated heterocycles. The van der Waals surface area contributed by atoms with Crippen LogP contribution < -0.4 is 10.1 Å². The molecule has 1 rings (SSSR count). The summed E-state index contributed by atoms with van der Waals surface area (Å²) in [4.78, 5) is 0. The van der Waals surface area contributed by atoms with E-state index in [-0.39, 0.29) is 0 Å². The molecule has 0 radical (unpaired) electrons. The van der Waals surface area contributed by atoms with Crippen LogP contribution in [0.4, 0.5) is 0 Å². The Kier molecular flexibility index (Phi) is 6.81. The molecule has 1 aromatic rings. The molecule has 0 aliphatic heterocycles. The highest BCUT2D eigenvalue weighted by molar-refractivity contribution is 5.33. The Balaban J connectivity index is 2.09. The average molecular weight is 249 g/mol. The maximum Gasteiger partial charge on any atom is 0.119 e. The van der Waals surface area contributed by atoms with E-state index in [0.717, 1.165) is 31.4 Å². The third-order valence-electron chi connectivity index (χ3n) is 3.16. The molecule has 1 N–H and O–H groups in total. The minimum atomic E-state index is 0.740. The number of aryl methyl sites for hydroxylation is 2. The van der Waals surface area contributed by atoms with E-state index in [1.807, 2.05) is 6.07 Å². The Morgan fingerprint density at radius 1 is 1.11 bits per heavy atom. The van der Waals surface area contributed by atoms with Gasteiger partial charge in [-0.1, -0.05) is 19.9 Å². The van der Waals surface area contributed by atoms with Gasteiger partial charge in [0, 0.05) is 6.54 Å². The Morgan fingerprint density at radius 2 is 1.89 bits per heavy atom. The zero-order chi connectivity index (χ0) is 13.4. The van der Waals surface area contributed by atoms with Gasteiger partial charge in [0.1, 0.15) is 12.4 Å². The van der Waals surface area contributed by atoms with E-state index in [2.05, 4.69) is 45.1 Å². The zero-order valence-corrected chi connectivity index (χ0v) is 12.3. The topological polar surface area (TPSA) is 21.3 Å². The number of hydrogen-bond donors (Lipinski definition) is 1. The Morgan fingerprint density at radius 3 is 2.56 bits per heavy atom. The number of benzene rings is 1. The quantitative estimate of drug-likeness (QED) is 0.709. The summed E-state index contributed by atoms with van der Waals surface area (Å²) in [5, 5.41) is 3.41. The van der Waals surface area contributed by atoms with Gasteiger partial charge in [0.15, 0.2) is 0 Å². The van der Waals surface area contributed by atoms with Crippen LogP contribution in [-0.2, 0) is 0 Å². The summed E-state index contributed by atoms with van der Waals surface area (Å²) in [6.45, 7) is 11.5. The molecule has 0 saturated carbocycles. The van der Waals surface area contributed by atoms with Crippen molar-refractivity contribution in [3.63, 3.8) is 0 Å². The summed E-state index contributed by atoms with van der Waals surface area (Å²) >= 11 is 0. The molecular formula is C16H27NO. The van der Waals surface area contributed by atoms with Gasteiger partial charge in [-0.3, -0.25) is 0 Å². The summed E-state index contributed by atoms with van der Waals surface area (Å²) in [5.74, 6) is 1.78. The highest BCUT2D eigenvalue weighted by atomic mass is 16.5. The Bertz CT molecular complexity index is 347. The summed E-state index contributed by atoms with van der Waals surface area (Å²) in [5.41, 5.74) is 2.60. The minimum absolute atomic E-state index is 0.740. The fraction of sp³-hybridized carbons (Fsp3) is 0.625. The molecule has 0 unspecified atom stereocenters. The Labute approximate surface area is 112 Å².